The van der Waals surface area contributed by atoms with Crippen LogP contribution in [-0.4, -0.2) is 11.0 Å². The minimum absolute atomic E-state index is 0.0834. The molecule has 0 spiro atoms. The first kappa shape index (κ1) is 8.35. The summed E-state index contributed by atoms with van der Waals surface area (Å²) in [6.07, 6.45) is 6.03. The van der Waals surface area contributed by atoms with Crippen molar-refractivity contribution in [1.82, 2.24) is 4.98 Å². The first-order valence-corrected chi connectivity index (χ1v) is 4.71. The van der Waals surface area contributed by atoms with Crippen LogP contribution in [0.4, 0.5) is 0 Å². The van der Waals surface area contributed by atoms with Crippen LogP contribution in [0.1, 0.15) is 25.7 Å². The number of aromatic nitrogens is 1. The molecule has 0 saturated heterocycles. The Labute approximate surface area is 77.1 Å². The van der Waals surface area contributed by atoms with Gasteiger partial charge in [0.05, 0.1) is 5.92 Å². The van der Waals surface area contributed by atoms with E-state index in [0.29, 0.717) is 5.88 Å². The van der Waals surface area contributed by atoms with Gasteiger partial charge in [0.2, 0.25) is 5.88 Å². The fourth-order valence-corrected chi connectivity index (χ4v) is 1.73. The number of rotatable bonds is 2. The van der Waals surface area contributed by atoms with Gasteiger partial charge in [-0.1, -0.05) is 12.8 Å². The zero-order chi connectivity index (χ0) is 9.10. The van der Waals surface area contributed by atoms with Gasteiger partial charge in [0.25, 0.3) is 0 Å². The normalized spacial score (nSPS) is 17.5. The van der Waals surface area contributed by atoms with Gasteiger partial charge < -0.3 is 9.72 Å². The Bertz CT molecular complexity index is 273. The van der Waals surface area contributed by atoms with Crippen molar-refractivity contribution in [1.29, 1.82) is 0 Å². The molecule has 3 heteroatoms. The molecule has 2 rings (SSSR count). The molecule has 1 heterocycles. The van der Waals surface area contributed by atoms with Gasteiger partial charge in [-0.15, -0.1) is 0 Å². The van der Waals surface area contributed by atoms with E-state index in [1.54, 1.807) is 12.3 Å². The van der Waals surface area contributed by atoms with E-state index in [2.05, 4.69) is 4.98 Å². The minimum Gasteiger partial charge on any atom is -0.409 e. The Morgan fingerprint density at radius 2 is 2.23 bits per heavy atom. The van der Waals surface area contributed by atoms with Gasteiger partial charge in [-0.2, -0.15) is 0 Å². The molecule has 1 N–H and O–H groups in total. The summed E-state index contributed by atoms with van der Waals surface area (Å²) in [6, 6.07) is 3.57. The summed E-state index contributed by atoms with van der Waals surface area (Å²) >= 11 is 0. The lowest BCUT2D eigenvalue weighted by Crippen LogP contribution is -2.17. The minimum atomic E-state index is -0.0834. The molecule has 0 unspecified atom stereocenters. The molecule has 0 amide bonds. The fourth-order valence-electron chi connectivity index (χ4n) is 1.73. The second-order valence-electron chi connectivity index (χ2n) is 3.44. The zero-order valence-corrected chi connectivity index (χ0v) is 7.45. The molecule has 1 saturated carbocycles. The van der Waals surface area contributed by atoms with E-state index in [4.69, 9.17) is 4.74 Å². The van der Waals surface area contributed by atoms with Crippen LogP contribution < -0.4 is 4.74 Å². The highest BCUT2D eigenvalue weighted by atomic mass is 16.5. The molecule has 13 heavy (non-hydrogen) atoms. The number of carbonyl (C=O) groups is 1. The predicted molar refractivity (Wildman–Crippen MR) is 48.4 cm³/mol. The highest BCUT2D eigenvalue weighted by Gasteiger charge is 2.24. The third-order valence-electron chi connectivity index (χ3n) is 2.47. The molecule has 0 atom stereocenters. The van der Waals surface area contributed by atoms with Gasteiger partial charge >= 0.3 is 5.97 Å². The number of aromatic amines is 1. The molecule has 3 nitrogen and oxygen atoms in total. The zero-order valence-electron chi connectivity index (χ0n) is 7.45. The van der Waals surface area contributed by atoms with Crippen LogP contribution in [0.25, 0.3) is 0 Å². The molecule has 1 aromatic rings. The van der Waals surface area contributed by atoms with Gasteiger partial charge in [-0.3, -0.25) is 4.79 Å². The molecule has 0 aromatic carbocycles. The molecular formula is C10H13NO2. The van der Waals surface area contributed by atoms with Crippen LogP contribution in [-0.2, 0) is 4.79 Å². The molecule has 1 aromatic heterocycles. The molecule has 1 aliphatic rings. The van der Waals surface area contributed by atoms with Crippen molar-refractivity contribution >= 4 is 5.97 Å². The van der Waals surface area contributed by atoms with Gasteiger partial charge in [0, 0.05) is 12.3 Å². The maximum Gasteiger partial charge on any atom is 0.315 e. The van der Waals surface area contributed by atoms with Crippen LogP contribution in [0.15, 0.2) is 18.3 Å². The van der Waals surface area contributed by atoms with E-state index in [1.807, 2.05) is 6.07 Å². The first-order valence-electron chi connectivity index (χ1n) is 4.71. The molecule has 70 valence electrons. The van der Waals surface area contributed by atoms with Crippen LogP contribution in [0.2, 0.25) is 0 Å². The van der Waals surface area contributed by atoms with Crippen molar-refractivity contribution in [2.45, 2.75) is 25.7 Å². The number of hydrogen-bond donors (Lipinski definition) is 1. The highest BCUT2D eigenvalue weighted by molar-refractivity contribution is 5.74. The van der Waals surface area contributed by atoms with Crippen molar-refractivity contribution in [3.8, 4) is 5.88 Å². The first-order chi connectivity index (χ1) is 6.36. The Balaban J connectivity index is 1.91. The third kappa shape index (κ3) is 1.91. The summed E-state index contributed by atoms with van der Waals surface area (Å²) in [4.78, 5) is 14.3. The number of ether oxygens (including phenoxy) is 1. The molecule has 0 radical (unpaired) electrons. The molecule has 0 aliphatic heterocycles. The quantitative estimate of drug-likeness (QED) is 0.706. The molecule has 0 bridgehead atoms. The summed E-state index contributed by atoms with van der Waals surface area (Å²) in [7, 11) is 0. The third-order valence-corrected chi connectivity index (χ3v) is 2.47. The van der Waals surface area contributed by atoms with Crippen LogP contribution in [0.3, 0.4) is 0 Å². The van der Waals surface area contributed by atoms with E-state index in [-0.39, 0.29) is 11.9 Å². The average Bonchev–Trinajstić information content (AvgIpc) is 2.74. The lowest BCUT2D eigenvalue weighted by atomic mass is 10.1. The van der Waals surface area contributed by atoms with Crippen LogP contribution in [0.5, 0.6) is 5.88 Å². The standard InChI is InChI=1S/C10H13NO2/c12-10(8-4-1-2-5-8)13-9-6-3-7-11-9/h3,6-8,11H,1-2,4-5H2. The average molecular weight is 179 g/mol. The smallest absolute Gasteiger partial charge is 0.315 e. The summed E-state index contributed by atoms with van der Waals surface area (Å²) < 4.78 is 5.14. The lowest BCUT2D eigenvalue weighted by Gasteiger charge is -2.06. The predicted octanol–water partition coefficient (Wildman–Crippen LogP) is 2.11. The van der Waals surface area contributed by atoms with Crippen molar-refractivity contribution < 1.29 is 9.53 Å². The summed E-state index contributed by atoms with van der Waals surface area (Å²) in [5.74, 6) is 0.597. The van der Waals surface area contributed by atoms with Gasteiger partial charge in [0.1, 0.15) is 0 Å². The van der Waals surface area contributed by atoms with Gasteiger partial charge in [-0.05, 0) is 18.9 Å². The summed E-state index contributed by atoms with van der Waals surface area (Å²) in [5, 5.41) is 0. The largest absolute Gasteiger partial charge is 0.409 e. The Hall–Kier alpha value is -1.25. The maximum absolute atomic E-state index is 11.5. The van der Waals surface area contributed by atoms with E-state index < -0.39 is 0 Å². The van der Waals surface area contributed by atoms with E-state index in [0.717, 1.165) is 25.7 Å². The molecular weight excluding hydrogens is 166 g/mol. The monoisotopic (exact) mass is 179 g/mol. The van der Waals surface area contributed by atoms with Gasteiger partial charge in [-0.25, -0.2) is 0 Å². The van der Waals surface area contributed by atoms with E-state index in [1.165, 1.54) is 0 Å². The van der Waals surface area contributed by atoms with Crippen molar-refractivity contribution in [3.05, 3.63) is 18.3 Å². The number of hydrogen-bond acceptors (Lipinski definition) is 2. The SMILES string of the molecule is O=C(Oc1ccc[nH]1)C1CCCC1. The molecule has 1 aliphatic carbocycles. The Kier molecular flexibility index (Phi) is 2.34. The van der Waals surface area contributed by atoms with Crippen LogP contribution in [0, 0.1) is 5.92 Å². The number of carbonyl (C=O) groups excluding carboxylic acids is 1. The fraction of sp³-hybridized carbons (Fsp3) is 0.500. The Morgan fingerprint density at radius 3 is 2.85 bits per heavy atom. The number of H-pyrrole nitrogens is 1. The topological polar surface area (TPSA) is 42.1 Å². The second kappa shape index (κ2) is 3.64. The maximum atomic E-state index is 11.5. The highest BCUT2D eigenvalue weighted by Crippen LogP contribution is 2.26. The van der Waals surface area contributed by atoms with E-state index in [9.17, 15) is 4.79 Å². The second-order valence-corrected chi connectivity index (χ2v) is 3.44. The van der Waals surface area contributed by atoms with Crippen molar-refractivity contribution in [2.24, 2.45) is 5.92 Å². The van der Waals surface area contributed by atoms with Gasteiger partial charge in [0.15, 0.2) is 0 Å². The summed E-state index contributed by atoms with van der Waals surface area (Å²) in [6.45, 7) is 0. The van der Waals surface area contributed by atoms with Crippen LogP contribution >= 0.6 is 0 Å². The number of esters is 1. The van der Waals surface area contributed by atoms with E-state index >= 15 is 0 Å². The molecule has 1 fully saturated rings. The Morgan fingerprint density at radius 1 is 1.46 bits per heavy atom. The van der Waals surface area contributed by atoms with Crippen molar-refractivity contribution in [2.75, 3.05) is 0 Å². The number of nitrogens with one attached hydrogen (secondary N) is 1. The van der Waals surface area contributed by atoms with Crippen molar-refractivity contribution in [3.63, 3.8) is 0 Å². The summed E-state index contributed by atoms with van der Waals surface area (Å²) in [5.41, 5.74) is 0. The lowest BCUT2D eigenvalue weighted by molar-refractivity contribution is -0.138.